The second-order valence-corrected chi connectivity index (χ2v) is 5.35. The molecule has 0 aromatic carbocycles. The van der Waals surface area contributed by atoms with E-state index >= 15 is 0 Å². The minimum absolute atomic E-state index is 0.119. The van der Waals surface area contributed by atoms with Gasteiger partial charge in [-0.15, -0.1) is 0 Å². The quantitative estimate of drug-likeness (QED) is 0.459. The van der Waals surface area contributed by atoms with Crippen molar-refractivity contribution in [2.45, 2.75) is 30.9 Å². The monoisotopic (exact) mass is 247 g/mol. The molecule has 94 valence electrons. The molecule has 0 aliphatic carbocycles. The van der Waals surface area contributed by atoms with Crippen molar-refractivity contribution in [1.82, 2.24) is 4.90 Å². The summed E-state index contributed by atoms with van der Waals surface area (Å²) in [5.74, 6) is -1.38. The Balaban J connectivity index is 2.97. The first-order valence-electron chi connectivity index (χ1n) is 5.51. The Morgan fingerprint density at radius 3 is 2.38 bits per heavy atom. The van der Waals surface area contributed by atoms with Gasteiger partial charge in [-0.05, 0) is 6.42 Å². The number of carbonyl (C=O) groups is 1. The summed E-state index contributed by atoms with van der Waals surface area (Å²) in [7, 11) is 5.46. The summed E-state index contributed by atoms with van der Waals surface area (Å²) >= 11 is 0. The average Bonchev–Trinajstić information content (AvgIpc) is 2.61. The average molecular weight is 247 g/mol. The van der Waals surface area contributed by atoms with Gasteiger partial charge < -0.3 is 19.1 Å². The molecule has 0 radical (unpaired) electrons. The molecule has 0 spiro atoms. The van der Waals surface area contributed by atoms with Crippen LogP contribution in [0, 0.1) is 0 Å². The second-order valence-electron chi connectivity index (χ2n) is 4.01. The number of hydrogen-bond donors (Lipinski definition) is 0. The van der Waals surface area contributed by atoms with Crippen molar-refractivity contribution < 1.29 is 19.0 Å². The van der Waals surface area contributed by atoms with Crippen molar-refractivity contribution in [1.29, 1.82) is 0 Å². The fraction of sp³-hybridized carbons (Fsp3) is 0.900. The van der Waals surface area contributed by atoms with Gasteiger partial charge in [-0.25, -0.2) is 0 Å². The molecule has 1 aliphatic rings. The molecule has 1 rings (SSSR count). The number of amides is 1. The normalized spacial score (nSPS) is 26.4. The van der Waals surface area contributed by atoms with Gasteiger partial charge >= 0.3 is 0 Å². The molecule has 5 nitrogen and oxygen atoms in total. The highest BCUT2D eigenvalue weighted by atomic mass is 28.1. The van der Waals surface area contributed by atoms with Crippen LogP contribution in [0.5, 0.6) is 0 Å². The molecule has 1 heterocycles. The summed E-state index contributed by atoms with van der Waals surface area (Å²) in [4.78, 5) is 14.1. The van der Waals surface area contributed by atoms with Gasteiger partial charge in [0.05, 0.1) is 6.54 Å². The van der Waals surface area contributed by atoms with Crippen LogP contribution >= 0.6 is 0 Å². The zero-order chi connectivity index (χ0) is 12.3. The Labute approximate surface area is 99.5 Å². The van der Waals surface area contributed by atoms with Crippen LogP contribution in [0.3, 0.4) is 0 Å². The van der Waals surface area contributed by atoms with Gasteiger partial charge in [0.15, 0.2) is 0 Å². The molecular weight excluding hydrogens is 226 g/mol. The zero-order valence-electron chi connectivity index (χ0n) is 10.6. The van der Waals surface area contributed by atoms with Gasteiger partial charge in [-0.1, -0.05) is 6.92 Å². The Hall–Kier alpha value is -0.433. The summed E-state index contributed by atoms with van der Waals surface area (Å²) in [6.45, 7) is 2.62. The standard InChI is InChI=1S/C10H21NO4Si/c1-5-8(16)11-6-7(13-2)10(14-3,15-4)9(11)12/h7-8H,5-6H2,1-4,16H3. The topological polar surface area (TPSA) is 48.0 Å². The van der Waals surface area contributed by atoms with Crippen molar-refractivity contribution in [3.63, 3.8) is 0 Å². The summed E-state index contributed by atoms with van der Waals surface area (Å²) < 4.78 is 15.8. The van der Waals surface area contributed by atoms with E-state index in [1.807, 2.05) is 4.90 Å². The highest BCUT2D eigenvalue weighted by Gasteiger charge is 2.57. The van der Waals surface area contributed by atoms with E-state index in [9.17, 15) is 4.79 Å². The van der Waals surface area contributed by atoms with Crippen LogP contribution in [-0.2, 0) is 19.0 Å². The second kappa shape index (κ2) is 5.26. The molecule has 1 aliphatic heterocycles. The maximum Gasteiger partial charge on any atom is 0.285 e. The number of methoxy groups -OCH3 is 3. The number of rotatable bonds is 5. The van der Waals surface area contributed by atoms with Crippen LogP contribution < -0.4 is 0 Å². The van der Waals surface area contributed by atoms with Crippen LogP contribution in [0.4, 0.5) is 0 Å². The Morgan fingerprint density at radius 1 is 1.50 bits per heavy atom. The van der Waals surface area contributed by atoms with E-state index in [2.05, 4.69) is 6.92 Å². The first-order valence-corrected chi connectivity index (χ1v) is 6.67. The van der Waals surface area contributed by atoms with Crippen molar-refractivity contribution in [2.75, 3.05) is 27.9 Å². The smallest absolute Gasteiger partial charge is 0.285 e. The maximum absolute atomic E-state index is 12.3. The van der Waals surface area contributed by atoms with Crippen LogP contribution in [0.25, 0.3) is 0 Å². The van der Waals surface area contributed by atoms with Crippen LogP contribution in [0.15, 0.2) is 0 Å². The van der Waals surface area contributed by atoms with Crippen LogP contribution in [-0.4, -0.2) is 66.5 Å². The first kappa shape index (κ1) is 13.6. The van der Waals surface area contributed by atoms with Crippen LogP contribution in [0.1, 0.15) is 13.3 Å². The van der Waals surface area contributed by atoms with E-state index in [1.54, 1.807) is 7.11 Å². The summed E-state index contributed by atoms with van der Waals surface area (Å²) in [6.07, 6.45) is 0.593. The maximum atomic E-state index is 12.3. The molecule has 1 saturated heterocycles. The van der Waals surface area contributed by atoms with Gasteiger partial charge in [0.1, 0.15) is 6.10 Å². The predicted octanol–water partition coefficient (Wildman–Crippen LogP) is -1.07. The van der Waals surface area contributed by atoms with Crippen molar-refractivity contribution in [3.8, 4) is 0 Å². The summed E-state index contributed by atoms with van der Waals surface area (Å²) in [6, 6.07) is 0. The highest BCUT2D eigenvalue weighted by molar-refractivity contribution is 6.13. The lowest BCUT2D eigenvalue weighted by atomic mass is 10.2. The molecule has 1 amide bonds. The SMILES string of the molecule is CCC([SiH3])N1CC(OC)C(OC)(OC)C1=O. The van der Waals surface area contributed by atoms with Crippen molar-refractivity contribution >= 4 is 16.1 Å². The number of nitrogens with zero attached hydrogens (tertiary/aromatic N) is 1. The zero-order valence-corrected chi connectivity index (χ0v) is 12.6. The van der Waals surface area contributed by atoms with E-state index in [-0.39, 0.29) is 12.0 Å². The third-order valence-corrected chi connectivity index (χ3v) is 4.80. The van der Waals surface area contributed by atoms with Crippen molar-refractivity contribution in [3.05, 3.63) is 0 Å². The van der Waals surface area contributed by atoms with Gasteiger partial charge in [0.2, 0.25) is 0 Å². The fourth-order valence-electron chi connectivity index (χ4n) is 2.07. The molecular formula is C10H21NO4Si. The van der Waals surface area contributed by atoms with E-state index in [4.69, 9.17) is 14.2 Å². The number of carbonyl (C=O) groups excluding carboxylic acids is 1. The van der Waals surface area contributed by atoms with E-state index in [0.717, 1.165) is 16.7 Å². The predicted molar refractivity (Wildman–Crippen MR) is 63.3 cm³/mol. The lowest BCUT2D eigenvalue weighted by Gasteiger charge is -2.29. The Kier molecular flexibility index (Phi) is 4.49. The van der Waals surface area contributed by atoms with Gasteiger partial charge in [-0.2, -0.15) is 0 Å². The summed E-state index contributed by atoms with van der Waals surface area (Å²) in [5.41, 5.74) is 0.303. The molecule has 0 aromatic rings. The van der Waals surface area contributed by atoms with Crippen LogP contribution in [0.2, 0.25) is 0 Å². The molecule has 2 unspecified atom stereocenters. The molecule has 1 fully saturated rings. The molecule has 0 aromatic heterocycles. The van der Waals surface area contributed by atoms with E-state index in [1.165, 1.54) is 14.2 Å². The highest BCUT2D eigenvalue weighted by Crippen LogP contribution is 2.31. The minimum Gasteiger partial charge on any atom is -0.373 e. The van der Waals surface area contributed by atoms with E-state index in [0.29, 0.717) is 12.2 Å². The molecule has 2 atom stereocenters. The largest absolute Gasteiger partial charge is 0.373 e. The molecule has 0 bridgehead atoms. The Bertz CT molecular complexity index is 257. The third kappa shape index (κ3) is 1.90. The molecule has 6 heteroatoms. The van der Waals surface area contributed by atoms with Gasteiger partial charge in [0.25, 0.3) is 11.7 Å². The molecule has 16 heavy (non-hydrogen) atoms. The summed E-state index contributed by atoms with van der Waals surface area (Å²) in [5, 5.41) is 0. The third-order valence-electron chi connectivity index (χ3n) is 3.36. The van der Waals surface area contributed by atoms with Crippen molar-refractivity contribution in [2.24, 2.45) is 0 Å². The molecule has 0 saturated carbocycles. The van der Waals surface area contributed by atoms with E-state index < -0.39 is 5.79 Å². The lowest BCUT2D eigenvalue weighted by Crippen LogP contribution is -2.51. The number of ether oxygens (including phenoxy) is 3. The lowest BCUT2D eigenvalue weighted by molar-refractivity contribution is -0.238. The fourth-order valence-corrected chi connectivity index (χ4v) is 2.52. The van der Waals surface area contributed by atoms with Gasteiger partial charge in [-0.3, -0.25) is 4.79 Å². The first-order chi connectivity index (χ1) is 7.57. The number of hydrogen-bond acceptors (Lipinski definition) is 4. The number of likely N-dealkylation sites (tertiary alicyclic amines) is 1. The minimum atomic E-state index is -1.26. The molecule has 0 N–H and O–H groups in total. The Morgan fingerprint density at radius 2 is 2.06 bits per heavy atom. The van der Waals surface area contributed by atoms with Gasteiger partial charge in [0, 0.05) is 37.2 Å².